The predicted octanol–water partition coefficient (Wildman–Crippen LogP) is 3.87. The summed E-state index contributed by atoms with van der Waals surface area (Å²) in [6.07, 6.45) is 0.550. The Bertz CT molecular complexity index is 930. The van der Waals surface area contributed by atoms with Crippen molar-refractivity contribution in [1.82, 2.24) is 20.1 Å². The third kappa shape index (κ3) is 5.30. The molecule has 0 fully saturated rings. The summed E-state index contributed by atoms with van der Waals surface area (Å²) in [5.41, 5.74) is 1.54. The molecule has 1 aromatic heterocycles. The maximum atomic E-state index is 12.9. The van der Waals surface area contributed by atoms with Crippen LogP contribution in [0.2, 0.25) is 5.02 Å². The summed E-state index contributed by atoms with van der Waals surface area (Å²) in [4.78, 5) is 12.0. The van der Waals surface area contributed by atoms with Gasteiger partial charge in [0.05, 0.1) is 0 Å². The molecule has 0 bridgehead atoms. The van der Waals surface area contributed by atoms with Crippen LogP contribution in [0.4, 0.5) is 4.39 Å². The average Bonchev–Trinajstić information content (AvgIpc) is 3.00. The smallest absolute Gasteiger partial charge is 0.251 e. The minimum absolute atomic E-state index is 0.243. The molecule has 8 heteroatoms. The minimum atomic E-state index is -0.367. The molecule has 0 spiro atoms. The van der Waals surface area contributed by atoms with Crippen molar-refractivity contribution in [3.8, 4) is 0 Å². The Hall–Kier alpha value is -2.38. The van der Waals surface area contributed by atoms with Crippen LogP contribution in [0.15, 0.2) is 53.7 Å². The number of hydrogen-bond acceptors (Lipinski definition) is 4. The molecular weight excluding hydrogens is 387 g/mol. The predicted molar refractivity (Wildman–Crippen MR) is 104 cm³/mol. The number of benzene rings is 2. The number of thioether (sulfide) groups is 1. The lowest BCUT2D eigenvalue weighted by molar-refractivity contribution is 0.0954. The van der Waals surface area contributed by atoms with Crippen LogP contribution >= 0.6 is 23.4 Å². The third-order valence-corrected chi connectivity index (χ3v) is 5.25. The number of hydrogen-bond donors (Lipinski definition) is 1. The van der Waals surface area contributed by atoms with Crippen molar-refractivity contribution in [2.24, 2.45) is 7.05 Å². The van der Waals surface area contributed by atoms with Crippen molar-refractivity contribution in [2.75, 3.05) is 6.54 Å². The van der Waals surface area contributed by atoms with Crippen LogP contribution < -0.4 is 5.32 Å². The molecule has 3 rings (SSSR count). The van der Waals surface area contributed by atoms with Crippen LogP contribution in [-0.2, 0) is 19.2 Å². The van der Waals surface area contributed by atoms with E-state index in [1.807, 2.05) is 35.9 Å². The topological polar surface area (TPSA) is 59.8 Å². The van der Waals surface area contributed by atoms with E-state index in [1.54, 1.807) is 11.8 Å². The summed E-state index contributed by atoms with van der Waals surface area (Å²) in [5.74, 6) is 0.914. The highest BCUT2D eigenvalue weighted by atomic mass is 35.5. The van der Waals surface area contributed by atoms with Crippen LogP contribution in [0.5, 0.6) is 0 Å². The van der Waals surface area contributed by atoms with Crippen molar-refractivity contribution in [1.29, 1.82) is 0 Å². The lowest BCUT2D eigenvalue weighted by Gasteiger charge is -2.06. The van der Waals surface area contributed by atoms with Crippen LogP contribution in [0.25, 0.3) is 0 Å². The van der Waals surface area contributed by atoms with Gasteiger partial charge in [-0.1, -0.05) is 35.5 Å². The first-order chi connectivity index (χ1) is 13.0. The van der Waals surface area contributed by atoms with Gasteiger partial charge in [-0.05, 0) is 42.0 Å². The molecule has 27 heavy (non-hydrogen) atoms. The Balaban J connectivity index is 1.51. The van der Waals surface area contributed by atoms with Gasteiger partial charge < -0.3 is 9.88 Å². The number of halogens is 2. The second kappa shape index (κ2) is 9.01. The third-order valence-electron chi connectivity index (χ3n) is 3.92. The Morgan fingerprint density at radius 2 is 2.00 bits per heavy atom. The monoisotopic (exact) mass is 404 g/mol. The SMILES string of the molecule is Cn1c(CCNC(=O)c2ccc(F)cc2)nnc1SCc1cccc(Cl)c1. The van der Waals surface area contributed by atoms with E-state index in [0.717, 1.165) is 22.3 Å². The fourth-order valence-electron chi connectivity index (χ4n) is 2.45. The summed E-state index contributed by atoms with van der Waals surface area (Å²) < 4.78 is 14.8. The van der Waals surface area contributed by atoms with Gasteiger partial charge in [-0.25, -0.2) is 4.39 Å². The molecular formula is C19H18ClFN4OS. The van der Waals surface area contributed by atoms with Crippen LogP contribution in [-0.4, -0.2) is 27.2 Å². The maximum Gasteiger partial charge on any atom is 0.251 e. The zero-order chi connectivity index (χ0) is 19.2. The van der Waals surface area contributed by atoms with Gasteiger partial charge in [-0.3, -0.25) is 4.79 Å². The number of nitrogens with zero attached hydrogens (tertiary/aromatic N) is 3. The molecule has 0 atom stereocenters. The second-order valence-corrected chi connectivity index (χ2v) is 7.27. The zero-order valence-corrected chi connectivity index (χ0v) is 16.2. The first-order valence-corrected chi connectivity index (χ1v) is 9.68. The molecule has 1 N–H and O–H groups in total. The molecule has 140 valence electrons. The van der Waals surface area contributed by atoms with E-state index in [1.165, 1.54) is 24.3 Å². The first-order valence-electron chi connectivity index (χ1n) is 8.32. The number of amides is 1. The highest BCUT2D eigenvalue weighted by Crippen LogP contribution is 2.22. The van der Waals surface area contributed by atoms with Gasteiger partial charge >= 0.3 is 0 Å². The summed E-state index contributed by atoms with van der Waals surface area (Å²) in [5, 5.41) is 12.7. The molecule has 2 aromatic carbocycles. The molecule has 5 nitrogen and oxygen atoms in total. The largest absolute Gasteiger partial charge is 0.352 e. The average molecular weight is 405 g/mol. The normalized spacial score (nSPS) is 10.8. The Kier molecular flexibility index (Phi) is 6.47. The van der Waals surface area contributed by atoms with Crippen molar-refractivity contribution in [3.05, 3.63) is 76.3 Å². The van der Waals surface area contributed by atoms with Gasteiger partial charge in [0.1, 0.15) is 11.6 Å². The molecule has 1 heterocycles. The van der Waals surface area contributed by atoms with Gasteiger partial charge in [0, 0.05) is 36.4 Å². The second-order valence-electron chi connectivity index (χ2n) is 5.89. The standard InChI is InChI=1S/C19H18ClFN4OS/c1-25-17(9-10-22-18(26)14-5-7-16(21)8-6-14)23-24-19(25)27-12-13-3-2-4-15(20)11-13/h2-8,11H,9-10,12H2,1H3,(H,22,26). The minimum Gasteiger partial charge on any atom is -0.352 e. The lowest BCUT2D eigenvalue weighted by Crippen LogP contribution is -2.26. The van der Waals surface area contributed by atoms with Gasteiger partial charge in [-0.15, -0.1) is 10.2 Å². The summed E-state index contributed by atoms with van der Waals surface area (Å²) >= 11 is 7.58. The highest BCUT2D eigenvalue weighted by molar-refractivity contribution is 7.98. The van der Waals surface area contributed by atoms with Crippen LogP contribution in [0.1, 0.15) is 21.7 Å². The van der Waals surface area contributed by atoms with Crippen molar-refractivity contribution in [3.63, 3.8) is 0 Å². The van der Waals surface area contributed by atoms with Gasteiger partial charge in [-0.2, -0.15) is 0 Å². The van der Waals surface area contributed by atoms with Crippen molar-refractivity contribution < 1.29 is 9.18 Å². The van der Waals surface area contributed by atoms with Crippen molar-refractivity contribution in [2.45, 2.75) is 17.3 Å². The number of carbonyl (C=O) groups excluding carboxylic acids is 1. The molecule has 0 aliphatic carbocycles. The van der Waals surface area contributed by atoms with E-state index in [4.69, 9.17) is 11.6 Å². The molecule has 0 saturated carbocycles. The fourth-order valence-corrected chi connectivity index (χ4v) is 3.54. The lowest BCUT2D eigenvalue weighted by atomic mass is 10.2. The first kappa shape index (κ1) is 19.4. The molecule has 0 radical (unpaired) electrons. The molecule has 0 unspecified atom stereocenters. The molecule has 3 aromatic rings. The highest BCUT2D eigenvalue weighted by Gasteiger charge is 2.11. The van der Waals surface area contributed by atoms with E-state index in [2.05, 4.69) is 15.5 Å². The van der Waals surface area contributed by atoms with E-state index in [9.17, 15) is 9.18 Å². The summed E-state index contributed by atoms with van der Waals surface area (Å²) in [6.45, 7) is 0.418. The van der Waals surface area contributed by atoms with Crippen molar-refractivity contribution >= 4 is 29.3 Å². The summed E-state index contributed by atoms with van der Waals surface area (Å²) in [6, 6.07) is 13.1. The van der Waals surface area contributed by atoms with E-state index in [0.29, 0.717) is 23.6 Å². The summed E-state index contributed by atoms with van der Waals surface area (Å²) in [7, 11) is 1.90. The number of carbonyl (C=O) groups is 1. The van der Waals surface area contributed by atoms with E-state index in [-0.39, 0.29) is 11.7 Å². The number of rotatable bonds is 7. The molecule has 0 aliphatic heterocycles. The quantitative estimate of drug-likeness (QED) is 0.607. The fraction of sp³-hybridized carbons (Fsp3) is 0.211. The number of aromatic nitrogens is 3. The maximum absolute atomic E-state index is 12.9. The van der Waals surface area contributed by atoms with Gasteiger partial charge in [0.25, 0.3) is 5.91 Å². The van der Waals surface area contributed by atoms with Crippen LogP contribution in [0.3, 0.4) is 0 Å². The molecule has 0 aliphatic rings. The Labute approximate surface area is 166 Å². The molecule has 0 saturated heterocycles. The molecule has 1 amide bonds. The zero-order valence-electron chi connectivity index (χ0n) is 14.7. The Morgan fingerprint density at radius 3 is 2.74 bits per heavy atom. The number of nitrogens with one attached hydrogen (secondary N) is 1. The van der Waals surface area contributed by atoms with Crippen LogP contribution in [0, 0.1) is 5.82 Å². The van der Waals surface area contributed by atoms with Gasteiger partial charge in [0.15, 0.2) is 5.16 Å². The Morgan fingerprint density at radius 1 is 1.22 bits per heavy atom. The van der Waals surface area contributed by atoms with E-state index < -0.39 is 0 Å². The van der Waals surface area contributed by atoms with Gasteiger partial charge in [0.2, 0.25) is 0 Å². The van der Waals surface area contributed by atoms with E-state index >= 15 is 0 Å².